The van der Waals surface area contributed by atoms with E-state index in [-0.39, 0.29) is 12.1 Å². The maximum absolute atomic E-state index is 12.3. The molecule has 2 aliphatic heterocycles. The highest BCUT2D eigenvalue weighted by atomic mass is 16.6. The predicted octanol–water partition coefficient (Wildman–Crippen LogP) is 2.04. The zero-order valence-electron chi connectivity index (χ0n) is 14.0. The smallest absolute Gasteiger partial charge is 0.410 e. The van der Waals surface area contributed by atoms with Gasteiger partial charge in [0, 0.05) is 30.7 Å². The van der Waals surface area contributed by atoms with Crippen molar-refractivity contribution >= 4 is 11.8 Å². The summed E-state index contributed by atoms with van der Waals surface area (Å²) in [4.78, 5) is 14.2. The number of carbonyl (C=O) groups excluding carboxylic acids is 1. The Balaban J connectivity index is 1.71. The van der Waals surface area contributed by atoms with E-state index in [0.717, 1.165) is 18.7 Å². The van der Waals surface area contributed by atoms with Gasteiger partial charge in [0.2, 0.25) is 0 Å². The summed E-state index contributed by atoms with van der Waals surface area (Å²) in [5, 5.41) is 0. The monoisotopic (exact) mass is 318 g/mol. The lowest BCUT2D eigenvalue weighted by Crippen LogP contribution is -2.49. The molecule has 0 aliphatic carbocycles. The number of rotatable bonds is 1. The van der Waals surface area contributed by atoms with E-state index in [1.165, 1.54) is 5.56 Å². The standard InChI is InChI=1S/C17H26N4O2/c1-17(2,3)23-16(22)21-9-8-14-13(10-21)15(20-19-14)11-4-6-12(18)7-5-11/h4-7,13-15,19-20H,8-10,18H2,1-3H3. The van der Waals surface area contributed by atoms with Crippen molar-refractivity contribution in [3.63, 3.8) is 0 Å². The Morgan fingerprint density at radius 2 is 1.96 bits per heavy atom. The summed E-state index contributed by atoms with van der Waals surface area (Å²) in [5.41, 5.74) is 14.0. The Morgan fingerprint density at radius 3 is 2.61 bits per heavy atom. The molecule has 6 nitrogen and oxygen atoms in total. The van der Waals surface area contributed by atoms with Gasteiger partial charge in [-0.25, -0.2) is 10.2 Å². The van der Waals surface area contributed by atoms with Gasteiger partial charge >= 0.3 is 6.09 Å². The molecule has 3 atom stereocenters. The number of nitrogen functional groups attached to an aromatic ring is 1. The van der Waals surface area contributed by atoms with Gasteiger partial charge in [0.05, 0.1) is 6.04 Å². The first kappa shape index (κ1) is 16.1. The van der Waals surface area contributed by atoms with Crippen LogP contribution in [0.5, 0.6) is 0 Å². The Labute approximate surface area is 137 Å². The van der Waals surface area contributed by atoms with Crippen LogP contribution in [0.3, 0.4) is 0 Å². The Morgan fingerprint density at radius 1 is 1.26 bits per heavy atom. The third kappa shape index (κ3) is 3.59. The summed E-state index contributed by atoms with van der Waals surface area (Å²) in [6, 6.07) is 8.46. The lowest BCUT2D eigenvalue weighted by molar-refractivity contribution is 0.0149. The van der Waals surface area contributed by atoms with Crippen LogP contribution in [0.1, 0.15) is 38.8 Å². The fourth-order valence-corrected chi connectivity index (χ4v) is 3.33. The van der Waals surface area contributed by atoms with Crippen molar-refractivity contribution in [3.05, 3.63) is 29.8 Å². The maximum Gasteiger partial charge on any atom is 0.410 e. The fraction of sp³-hybridized carbons (Fsp3) is 0.588. The fourth-order valence-electron chi connectivity index (χ4n) is 3.33. The van der Waals surface area contributed by atoms with Crippen LogP contribution in [0.4, 0.5) is 10.5 Å². The van der Waals surface area contributed by atoms with Crippen LogP contribution in [0.15, 0.2) is 24.3 Å². The lowest BCUT2D eigenvalue weighted by Gasteiger charge is -2.36. The first-order valence-electron chi connectivity index (χ1n) is 8.18. The molecule has 2 saturated heterocycles. The van der Waals surface area contributed by atoms with Gasteiger partial charge in [0.25, 0.3) is 0 Å². The van der Waals surface area contributed by atoms with Gasteiger partial charge in [-0.05, 0) is 44.9 Å². The van der Waals surface area contributed by atoms with Crippen molar-refractivity contribution in [2.24, 2.45) is 5.92 Å². The molecule has 4 N–H and O–H groups in total. The SMILES string of the molecule is CC(C)(C)OC(=O)N1CCC2NNC(c3ccc(N)cc3)C2C1. The lowest BCUT2D eigenvalue weighted by atomic mass is 9.85. The molecule has 0 radical (unpaired) electrons. The van der Waals surface area contributed by atoms with Crippen LogP contribution in [0, 0.1) is 5.92 Å². The highest BCUT2D eigenvalue weighted by molar-refractivity contribution is 5.68. The van der Waals surface area contributed by atoms with Crippen molar-refractivity contribution in [2.45, 2.75) is 44.9 Å². The molecule has 1 aromatic carbocycles. The second-order valence-electron chi connectivity index (χ2n) is 7.42. The average Bonchev–Trinajstić information content (AvgIpc) is 2.89. The number of nitrogens with one attached hydrogen (secondary N) is 2. The van der Waals surface area contributed by atoms with Gasteiger partial charge < -0.3 is 15.4 Å². The van der Waals surface area contributed by atoms with E-state index < -0.39 is 5.60 Å². The largest absolute Gasteiger partial charge is 0.444 e. The summed E-state index contributed by atoms with van der Waals surface area (Å²) >= 11 is 0. The van der Waals surface area contributed by atoms with Crippen LogP contribution in [0.25, 0.3) is 0 Å². The van der Waals surface area contributed by atoms with E-state index in [1.807, 2.05) is 49.9 Å². The molecule has 3 unspecified atom stereocenters. The molecule has 2 aliphatic rings. The molecule has 3 rings (SSSR count). The minimum Gasteiger partial charge on any atom is -0.444 e. The number of anilines is 1. The third-order valence-corrected chi connectivity index (χ3v) is 4.46. The number of carbonyl (C=O) groups is 1. The topological polar surface area (TPSA) is 79.6 Å². The number of hydrogen-bond acceptors (Lipinski definition) is 5. The molecular formula is C17H26N4O2. The molecule has 0 bridgehead atoms. The van der Waals surface area contributed by atoms with Gasteiger partial charge in [-0.3, -0.25) is 5.43 Å². The highest BCUT2D eigenvalue weighted by Crippen LogP contribution is 2.34. The first-order valence-corrected chi connectivity index (χ1v) is 8.18. The number of likely N-dealkylation sites (tertiary alicyclic amines) is 1. The number of piperidine rings is 1. The van der Waals surface area contributed by atoms with Crippen molar-refractivity contribution in [3.8, 4) is 0 Å². The quantitative estimate of drug-likeness (QED) is 0.691. The van der Waals surface area contributed by atoms with Crippen molar-refractivity contribution in [1.82, 2.24) is 15.8 Å². The van der Waals surface area contributed by atoms with Gasteiger partial charge in [0.15, 0.2) is 0 Å². The molecule has 23 heavy (non-hydrogen) atoms. The first-order chi connectivity index (χ1) is 10.8. The minimum absolute atomic E-state index is 0.172. The molecule has 6 heteroatoms. The number of hydrazine groups is 1. The summed E-state index contributed by atoms with van der Waals surface area (Å²) < 4.78 is 5.51. The molecular weight excluding hydrogens is 292 g/mol. The zero-order chi connectivity index (χ0) is 16.6. The van der Waals surface area contributed by atoms with Crippen LogP contribution in [0.2, 0.25) is 0 Å². The number of nitrogens with two attached hydrogens (primary N) is 1. The van der Waals surface area contributed by atoms with E-state index in [4.69, 9.17) is 10.5 Å². The van der Waals surface area contributed by atoms with E-state index in [1.54, 1.807) is 0 Å². The predicted molar refractivity (Wildman–Crippen MR) is 89.6 cm³/mol. The summed E-state index contributed by atoms with van der Waals surface area (Å²) in [7, 11) is 0. The Hall–Kier alpha value is -1.79. The molecule has 2 heterocycles. The Bertz CT molecular complexity index is 567. The van der Waals surface area contributed by atoms with Crippen molar-refractivity contribution in [2.75, 3.05) is 18.8 Å². The molecule has 0 aromatic heterocycles. The second kappa shape index (κ2) is 6.02. The minimum atomic E-state index is -0.462. The van der Waals surface area contributed by atoms with E-state index in [2.05, 4.69) is 10.9 Å². The Kier molecular flexibility index (Phi) is 4.21. The summed E-state index contributed by atoms with van der Waals surface area (Å²) in [5.74, 6) is 0.319. The zero-order valence-corrected chi connectivity index (χ0v) is 14.0. The van der Waals surface area contributed by atoms with Crippen LogP contribution in [-0.2, 0) is 4.74 Å². The van der Waals surface area contributed by atoms with Gasteiger partial charge in [-0.15, -0.1) is 0 Å². The number of amides is 1. The van der Waals surface area contributed by atoms with Crippen molar-refractivity contribution in [1.29, 1.82) is 0 Å². The summed E-state index contributed by atoms with van der Waals surface area (Å²) in [6.45, 7) is 7.10. The number of hydrogen-bond donors (Lipinski definition) is 3. The maximum atomic E-state index is 12.3. The van der Waals surface area contributed by atoms with E-state index in [9.17, 15) is 4.79 Å². The van der Waals surface area contributed by atoms with Gasteiger partial charge in [-0.2, -0.15) is 0 Å². The van der Waals surface area contributed by atoms with E-state index >= 15 is 0 Å². The molecule has 2 fully saturated rings. The molecule has 126 valence electrons. The third-order valence-electron chi connectivity index (χ3n) is 4.46. The van der Waals surface area contributed by atoms with Crippen molar-refractivity contribution < 1.29 is 9.53 Å². The second-order valence-corrected chi connectivity index (χ2v) is 7.42. The average molecular weight is 318 g/mol. The van der Waals surface area contributed by atoms with Gasteiger partial charge in [-0.1, -0.05) is 12.1 Å². The van der Waals surface area contributed by atoms with Crippen LogP contribution in [-0.4, -0.2) is 35.7 Å². The number of benzene rings is 1. The molecule has 1 amide bonds. The number of nitrogens with zero attached hydrogens (tertiary/aromatic N) is 1. The van der Waals surface area contributed by atoms with E-state index in [0.29, 0.717) is 18.5 Å². The summed E-state index contributed by atoms with van der Waals surface area (Å²) in [6.07, 6.45) is 0.696. The normalized spacial score (nSPS) is 27.6. The molecule has 0 saturated carbocycles. The van der Waals surface area contributed by atoms with Crippen LogP contribution < -0.4 is 16.6 Å². The number of fused-ring (bicyclic) bond motifs is 1. The highest BCUT2D eigenvalue weighted by Gasteiger charge is 2.42. The number of ether oxygens (including phenoxy) is 1. The van der Waals surface area contributed by atoms with Gasteiger partial charge in [0.1, 0.15) is 5.60 Å². The molecule has 1 aromatic rings. The molecule has 0 spiro atoms. The van der Waals surface area contributed by atoms with Crippen LogP contribution >= 0.6 is 0 Å².